The van der Waals surface area contributed by atoms with Crippen molar-refractivity contribution in [1.82, 2.24) is 0 Å². The lowest BCUT2D eigenvalue weighted by molar-refractivity contribution is -0.0684. The second kappa shape index (κ2) is 5.45. The average Bonchev–Trinajstić information content (AvgIpc) is 1.98. The summed E-state index contributed by atoms with van der Waals surface area (Å²) in [5, 5.41) is 42.8. The predicted molar refractivity (Wildman–Crippen MR) is 36.6 cm³/mol. The smallest absolute Gasteiger partial charge is 0.151 e. The Kier molecular flexibility index (Phi) is 5.35. The molecular weight excluding hydrogens is 152 g/mol. The van der Waals surface area contributed by atoms with Crippen molar-refractivity contribution in [1.29, 1.82) is 0 Å². The van der Waals surface area contributed by atoms with Gasteiger partial charge >= 0.3 is 0 Å². The van der Waals surface area contributed by atoms with Crippen molar-refractivity contribution >= 4 is 0 Å². The summed E-state index contributed by atoms with van der Waals surface area (Å²) >= 11 is 0. The molecular formula is C6H14O5. The summed E-state index contributed by atoms with van der Waals surface area (Å²) in [7, 11) is 0. The molecule has 0 bridgehead atoms. The van der Waals surface area contributed by atoms with Crippen molar-refractivity contribution in [3.05, 3.63) is 0 Å². The molecule has 0 radical (unpaired) electrons. The van der Waals surface area contributed by atoms with Gasteiger partial charge in [-0.2, -0.15) is 0 Å². The third-order valence-electron chi connectivity index (χ3n) is 1.35. The maximum absolute atomic E-state index is 8.93. The zero-order chi connectivity index (χ0) is 8.85. The molecule has 0 aliphatic heterocycles. The van der Waals surface area contributed by atoms with Crippen molar-refractivity contribution in [2.45, 2.75) is 31.3 Å². The van der Waals surface area contributed by atoms with Crippen LogP contribution in [0.25, 0.3) is 0 Å². The van der Waals surface area contributed by atoms with Gasteiger partial charge in [-0.25, -0.2) is 0 Å². The van der Waals surface area contributed by atoms with Gasteiger partial charge in [0.2, 0.25) is 0 Å². The molecule has 2 atom stereocenters. The average molecular weight is 166 g/mol. The molecule has 0 aromatic carbocycles. The molecule has 0 aromatic heterocycles. The molecule has 68 valence electrons. The molecule has 11 heavy (non-hydrogen) atoms. The van der Waals surface area contributed by atoms with E-state index >= 15 is 0 Å². The van der Waals surface area contributed by atoms with E-state index in [4.69, 9.17) is 25.5 Å². The van der Waals surface area contributed by atoms with Crippen LogP contribution in [0, 0.1) is 0 Å². The van der Waals surface area contributed by atoms with Gasteiger partial charge in [-0.05, 0) is 6.42 Å². The Bertz CT molecular complexity index is 95.0. The first-order chi connectivity index (χ1) is 5.07. The molecule has 0 heterocycles. The Morgan fingerprint density at radius 2 is 1.36 bits per heavy atom. The minimum absolute atomic E-state index is 0.0156. The van der Waals surface area contributed by atoms with Crippen LogP contribution in [-0.4, -0.2) is 50.6 Å². The van der Waals surface area contributed by atoms with Gasteiger partial charge in [-0.15, -0.1) is 0 Å². The van der Waals surface area contributed by atoms with Gasteiger partial charge in [0.1, 0.15) is 6.10 Å². The molecule has 0 rings (SSSR count). The standard InChI is InChI=1S/C6H14O5/c7-3-5(9)4(8)1-2-6(10)11/h4-11H,1-3H2. The topological polar surface area (TPSA) is 101 Å². The summed E-state index contributed by atoms with van der Waals surface area (Å²) in [6.07, 6.45) is -3.73. The summed E-state index contributed by atoms with van der Waals surface area (Å²) in [6, 6.07) is 0. The van der Waals surface area contributed by atoms with Crippen LogP contribution >= 0.6 is 0 Å². The lowest BCUT2D eigenvalue weighted by atomic mass is 10.1. The summed E-state index contributed by atoms with van der Waals surface area (Å²) < 4.78 is 0. The first kappa shape index (κ1) is 10.8. The van der Waals surface area contributed by atoms with Crippen LogP contribution in [0.3, 0.4) is 0 Å². The van der Waals surface area contributed by atoms with Gasteiger partial charge in [0, 0.05) is 6.42 Å². The molecule has 5 heteroatoms. The Morgan fingerprint density at radius 1 is 0.818 bits per heavy atom. The number of aliphatic hydroxyl groups is 5. The van der Waals surface area contributed by atoms with Crippen molar-refractivity contribution in [2.24, 2.45) is 0 Å². The Morgan fingerprint density at radius 3 is 1.73 bits per heavy atom. The van der Waals surface area contributed by atoms with E-state index in [2.05, 4.69) is 0 Å². The molecule has 2 unspecified atom stereocenters. The van der Waals surface area contributed by atoms with E-state index in [9.17, 15) is 0 Å². The third-order valence-corrected chi connectivity index (χ3v) is 1.35. The molecule has 0 aliphatic carbocycles. The van der Waals surface area contributed by atoms with E-state index in [0.717, 1.165) is 0 Å². The van der Waals surface area contributed by atoms with Crippen LogP contribution in [0.4, 0.5) is 0 Å². The Hall–Kier alpha value is -0.200. The zero-order valence-electron chi connectivity index (χ0n) is 6.09. The maximum Gasteiger partial charge on any atom is 0.151 e. The van der Waals surface area contributed by atoms with Crippen LogP contribution in [0.5, 0.6) is 0 Å². The summed E-state index contributed by atoms with van der Waals surface area (Å²) in [5.41, 5.74) is 0. The fourth-order valence-corrected chi connectivity index (χ4v) is 0.634. The van der Waals surface area contributed by atoms with Gasteiger partial charge in [0.05, 0.1) is 12.7 Å². The van der Waals surface area contributed by atoms with E-state index in [1.54, 1.807) is 0 Å². The second-order valence-electron chi connectivity index (χ2n) is 2.38. The first-order valence-electron chi connectivity index (χ1n) is 3.41. The van der Waals surface area contributed by atoms with Gasteiger partial charge < -0.3 is 25.5 Å². The number of hydrogen-bond donors (Lipinski definition) is 5. The van der Waals surface area contributed by atoms with Crippen LogP contribution in [0.15, 0.2) is 0 Å². The van der Waals surface area contributed by atoms with Gasteiger partial charge in [0.15, 0.2) is 6.29 Å². The summed E-state index contributed by atoms with van der Waals surface area (Å²) in [5.74, 6) is 0. The Balaban J connectivity index is 3.43. The Labute approximate surface area is 64.5 Å². The van der Waals surface area contributed by atoms with Gasteiger partial charge in [-0.3, -0.25) is 0 Å². The molecule has 0 fully saturated rings. The van der Waals surface area contributed by atoms with Gasteiger partial charge in [-0.1, -0.05) is 0 Å². The quantitative estimate of drug-likeness (QED) is 0.298. The molecule has 0 aliphatic rings. The minimum Gasteiger partial charge on any atom is -0.394 e. The largest absolute Gasteiger partial charge is 0.394 e. The number of rotatable bonds is 5. The summed E-state index contributed by atoms with van der Waals surface area (Å²) in [6.45, 7) is -0.525. The predicted octanol–water partition coefficient (Wildman–Crippen LogP) is -2.21. The monoisotopic (exact) mass is 166 g/mol. The lowest BCUT2D eigenvalue weighted by Crippen LogP contribution is -2.30. The molecule has 0 aromatic rings. The van der Waals surface area contributed by atoms with E-state index in [1.807, 2.05) is 0 Å². The van der Waals surface area contributed by atoms with Crippen LogP contribution in [0.1, 0.15) is 12.8 Å². The van der Waals surface area contributed by atoms with Crippen LogP contribution in [-0.2, 0) is 0 Å². The molecule has 5 N–H and O–H groups in total. The highest BCUT2D eigenvalue weighted by Crippen LogP contribution is 2.03. The summed E-state index contributed by atoms with van der Waals surface area (Å²) in [4.78, 5) is 0. The van der Waals surface area contributed by atoms with Crippen molar-refractivity contribution < 1.29 is 25.5 Å². The normalized spacial score (nSPS) is 16.9. The lowest BCUT2D eigenvalue weighted by Gasteiger charge is -2.15. The van der Waals surface area contributed by atoms with Gasteiger partial charge in [0.25, 0.3) is 0 Å². The van der Waals surface area contributed by atoms with Crippen molar-refractivity contribution in [2.75, 3.05) is 6.61 Å². The SMILES string of the molecule is OCC(O)C(O)CCC(O)O. The fraction of sp³-hybridized carbons (Fsp3) is 1.00. The van der Waals surface area contributed by atoms with Crippen LogP contribution < -0.4 is 0 Å². The molecule has 5 nitrogen and oxygen atoms in total. The highest BCUT2D eigenvalue weighted by atomic mass is 16.5. The second-order valence-corrected chi connectivity index (χ2v) is 2.38. The van der Waals surface area contributed by atoms with Crippen molar-refractivity contribution in [3.8, 4) is 0 Å². The fourth-order valence-electron chi connectivity index (χ4n) is 0.634. The van der Waals surface area contributed by atoms with Crippen LogP contribution in [0.2, 0.25) is 0 Å². The number of aliphatic hydroxyl groups excluding tert-OH is 4. The molecule has 0 amide bonds. The zero-order valence-corrected chi connectivity index (χ0v) is 6.09. The van der Waals surface area contributed by atoms with E-state index in [0.29, 0.717) is 0 Å². The highest BCUT2D eigenvalue weighted by Gasteiger charge is 2.15. The highest BCUT2D eigenvalue weighted by molar-refractivity contribution is 4.65. The molecule has 0 spiro atoms. The molecule has 0 saturated carbocycles. The molecule has 0 saturated heterocycles. The van der Waals surface area contributed by atoms with E-state index in [-0.39, 0.29) is 12.8 Å². The van der Waals surface area contributed by atoms with Crippen molar-refractivity contribution in [3.63, 3.8) is 0 Å². The maximum atomic E-state index is 8.93. The van der Waals surface area contributed by atoms with E-state index < -0.39 is 25.1 Å². The third kappa shape index (κ3) is 5.11. The minimum atomic E-state index is -1.48. The number of hydrogen-bond acceptors (Lipinski definition) is 5. The first-order valence-corrected chi connectivity index (χ1v) is 3.41. The van der Waals surface area contributed by atoms with E-state index in [1.165, 1.54) is 0 Å².